The van der Waals surface area contributed by atoms with Gasteiger partial charge >= 0.3 is 0 Å². The van der Waals surface area contributed by atoms with Crippen molar-refractivity contribution >= 4 is 43.0 Å². The Morgan fingerprint density at radius 2 is 1.85 bits per heavy atom. The van der Waals surface area contributed by atoms with Crippen LogP contribution in [0.15, 0.2) is 45.8 Å². The highest BCUT2D eigenvalue weighted by Crippen LogP contribution is 2.27. The number of benzene rings is 2. The first-order valence-corrected chi connectivity index (χ1v) is 8.06. The minimum Gasteiger partial charge on any atom is -0.397 e. The lowest BCUT2D eigenvalue weighted by molar-refractivity contribution is 0.598. The van der Waals surface area contributed by atoms with Crippen LogP contribution in [0, 0.1) is 6.92 Å². The van der Waals surface area contributed by atoms with Crippen LogP contribution in [0.4, 0.5) is 17.1 Å². The Morgan fingerprint density at radius 3 is 2.40 bits per heavy atom. The quantitative estimate of drug-likeness (QED) is 0.737. The van der Waals surface area contributed by atoms with Crippen LogP contribution in [0.1, 0.15) is 5.56 Å². The highest BCUT2D eigenvalue weighted by Gasteiger charge is 2.10. The van der Waals surface area contributed by atoms with Gasteiger partial charge < -0.3 is 11.1 Å². The van der Waals surface area contributed by atoms with E-state index in [4.69, 9.17) is 10.9 Å². The average molecular weight is 356 g/mol. The number of rotatable bonds is 3. The number of hydrogen-bond acceptors (Lipinski definition) is 4. The smallest absolute Gasteiger partial charge is 0.238 e. The summed E-state index contributed by atoms with van der Waals surface area (Å²) in [4.78, 5) is -0.00836. The normalized spacial score (nSPS) is 11.3. The van der Waals surface area contributed by atoms with Crippen molar-refractivity contribution in [2.45, 2.75) is 11.8 Å². The third-order valence-corrected chi connectivity index (χ3v) is 4.04. The van der Waals surface area contributed by atoms with Crippen molar-refractivity contribution in [1.82, 2.24) is 0 Å². The Balaban J connectivity index is 2.35. The largest absolute Gasteiger partial charge is 0.397 e. The molecule has 0 aliphatic carbocycles. The number of nitrogens with one attached hydrogen (secondary N) is 1. The molecule has 0 radical (unpaired) electrons. The van der Waals surface area contributed by atoms with Crippen molar-refractivity contribution in [3.05, 3.63) is 46.4 Å². The molecule has 5 N–H and O–H groups in total. The number of aryl methyl sites for hydroxylation is 1. The van der Waals surface area contributed by atoms with Crippen molar-refractivity contribution < 1.29 is 8.42 Å². The fourth-order valence-electron chi connectivity index (χ4n) is 1.80. The lowest BCUT2D eigenvalue weighted by Gasteiger charge is -2.11. The zero-order chi connectivity index (χ0) is 14.9. The molecule has 106 valence electrons. The monoisotopic (exact) mass is 355 g/mol. The van der Waals surface area contributed by atoms with Gasteiger partial charge in [0.25, 0.3) is 0 Å². The van der Waals surface area contributed by atoms with Gasteiger partial charge in [0.05, 0.1) is 16.3 Å². The fraction of sp³-hybridized carbons (Fsp3) is 0.0769. The first-order chi connectivity index (χ1) is 9.25. The zero-order valence-electron chi connectivity index (χ0n) is 10.7. The van der Waals surface area contributed by atoms with Crippen LogP contribution in [-0.2, 0) is 10.0 Å². The number of sulfonamides is 1. The van der Waals surface area contributed by atoms with Gasteiger partial charge in [0.15, 0.2) is 0 Å². The van der Waals surface area contributed by atoms with E-state index in [1.165, 1.54) is 12.1 Å². The van der Waals surface area contributed by atoms with Crippen LogP contribution >= 0.6 is 15.9 Å². The topological polar surface area (TPSA) is 98.2 Å². The van der Waals surface area contributed by atoms with E-state index in [1.54, 1.807) is 6.07 Å². The van der Waals surface area contributed by atoms with Crippen molar-refractivity contribution in [2.24, 2.45) is 5.14 Å². The van der Waals surface area contributed by atoms with Gasteiger partial charge in [0, 0.05) is 10.2 Å². The van der Waals surface area contributed by atoms with Crippen LogP contribution in [0.2, 0.25) is 0 Å². The third kappa shape index (κ3) is 3.50. The van der Waals surface area contributed by atoms with Gasteiger partial charge in [0.1, 0.15) is 0 Å². The fourth-order valence-corrected chi connectivity index (χ4v) is 2.95. The van der Waals surface area contributed by atoms with Gasteiger partial charge in [-0.05, 0) is 48.9 Å². The molecular formula is C13H14BrN3O2S. The van der Waals surface area contributed by atoms with E-state index in [2.05, 4.69) is 21.2 Å². The van der Waals surface area contributed by atoms with E-state index in [0.717, 1.165) is 15.7 Å². The number of halogens is 1. The predicted octanol–water partition coefficient (Wildman–Crippen LogP) is 2.73. The lowest BCUT2D eigenvalue weighted by atomic mass is 10.2. The molecule has 0 fully saturated rings. The van der Waals surface area contributed by atoms with Crippen LogP contribution in [0.25, 0.3) is 0 Å². The molecule has 0 saturated carbocycles. The molecule has 2 aromatic rings. The summed E-state index contributed by atoms with van der Waals surface area (Å²) < 4.78 is 23.4. The number of anilines is 3. The zero-order valence-corrected chi connectivity index (χ0v) is 13.1. The van der Waals surface area contributed by atoms with Crippen LogP contribution < -0.4 is 16.2 Å². The molecule has 7 heteroatoms. The summed E-state index contributed by atoms with van der Waals surface area (Å²) in [5.41, 5.74) is 8.72. The third-order valence-electron chi connectivity index (χ3n) is 2.67. The van der Waals surface area contributed by atoms with Crippen molar-refractivity contribution in [2.75, 3.05) is 11.1 Å². The molecule has 0 atom stereocenters. The highest BCUT2D eigenvalue weighted by molar-refractivity contribution is 9.10. The Hall–Kier alpha value is -1.57. The first kappa shape index (κ1) is 14.8. The van der Waals surface area contributed by atoms with Gasteiger partial charge in [-0.1, -0.05) is 15.9 Å². The van der Waals surface area contributed by atoms with Crippen LogP contribution in [-0.4, -0.2) is 8.42 Å². The van der Waals surface area contributed by atoms with E-state index in [0.29, 0.717) is 11.4 Å². The Kier molecular flexibility index (Phi) is 4.03. The minimum absolute atomic E-state index is 0.00836. The molecule has 0 unspecified atom stereocenters. The maximum absolute atomic E-state index is 11.2. The highest BCUT2D eigenvalue weighted by atomic mass is 79.9. The molecule has 20 heavy (non-hydrogen) atoms. The molecule has 0 saturated heterocycles. The standard InChI is InChI=1S/C13H14BrN3O2S/c1-8-4-9(14)6-10(5-8)17-13-3-2-11(7-12(13)15)20(16,18)19/h2-7,17H,15H2,1H3,(H2,16,18,19). The number of nitrogen functional groups attached to an aromatic ring is 1. The summed E-state index contributed by atoms with van der Waals surface area (Å²) in [7, 11) is -3.74. The van der Waals surface area contributed by atoms with Gasteiger partial charge in [-0.25, -0.2) is 13.6 Å². The Bertz CT molecular complexity index is 740. The molecule has 0 spiro atoms. The summed E-state index contributed by atoms with van der Waals surface area (Å²) in [5.74, 6) is 0. The SMILES string of the molecule is Cc1cc(Br)cc(Nc2ccc(S(N)(=O)=O)cc2N)c1. The average Bonchev–Trinajstić information content (AvgIpc) is 2.29. The molecule has 0 bridgehead atoms. The van der Waals surface area contributed by atoms with E-state index in [9.17, 15) is 8.42 Å². The van der Waals surface area contributed by atoms with E-state index in [1.807, 2.05) is 25.1 Å². The summed E-state index contributed by atoms with van der Waals surface area (Å²) in [6.45, 7) is 1.98. The van der Waals surface area contributed by atoms with E-state index >= 15 is 0 Å². The van der Waals surface area contributed by atoms with Crippen LogP contribution in [0.3, 0.4) is 0 Å². The van der Waals surface area contributed by atoms with Crippen molar-refractivity contribution in [3.63, 3.8) is 0 Å². The second kappa shape index (κ2) is 5.43. The summed E-state index contributed by atoms with van der Waals surface area (Å²) in [5, 5.41) is 8.20. The maximum atomic E-state index is 11.2. The van der Waals surface area contributed by atoms with Crippen molar-refractivity contribution in [3.8, 4) is 0 Å². The van der Waals surface area contributed by atoms with Gasteiger partial charge in [-0.3, -0.25) is 0 Å². The predicted molar refractivity (Wildman–Crippen MR) is 84.4 cm³/mol. The lowest BCUT2D eigenvalue weighted by Crippen LogP contribution is -2.12. The molecule has 0 aliphatic rings. The summed E-state index contributed by atoms with van der Waals surface area (Å²) in [6.07, 6.45) is 0. The first-order valence-electron chi connectivity index (χ1n) is 5.72. The summed E-state index contributed by atoms with van der Waals surface area (Å²) in [6, 6.07) is 10.2. The minimum atomic E-state index is -3.74. The molecule has 2 aromatic carbocycles. The molecule has 5 nitrogen and oxygen atoms in total. The second-order valence-electron chi connectivity index (χ2n) is 4.44. The Labute approximate surface area is 126 Å². The molecule has 0 heterocycles. The van der Waals surface area contributed by atoms with E-state index in [-0.39, 0.29) is 4.90 Å². The molecular weight excluding hydrogens is 342 g/mol. The van der Waals surface area contributed by atoms with Crippen LogP contribution in [0.5, 0.6) is 0 Å². The van der Waals surface area contributed by atoms with E-state index < -0.39 is 10.0 Å². The van der Waals surface area contributed by atoms with Gasteiger partial charge in [-0.15, -0.1) is 0 Å². The molecule has 0 aliphatic heterocycles. The van der Waals surface area contributed by atoms with Gasteiger partial charge in [-0.2, -0.15) is 0 Å². The summed E-state index contributed by atoms with van der Waals surface area (Å²) >= 11 is 3.42. The number of nitrogens with two attached hydrogens (primary N) is 2. The van der Waals surface area contributed by atoms with Gasteiger partial charge in [0.2, 0.25) is 10.0 Å². The number of primary sulfonamides is 1. The maximum Gasteiger partial charge on any atom is 0.238 e. The Morgan fingerprint density at radius 1 is 1.15 bits per heavy atom. The van der Waals surface area contributed by atoms with Crippen molar-refractivity contribution in [1.29, 1.82) is 0 Å². The second-order valence-corrected chi connectivity index (χ2v) is 6.91. The molecule has 2 rings (SSSR count). The number of hydrogen-bond donors (Lipinski definition) is 3. The molecule has 0 aromatic heterocycles. The molecule has 0 amide bonds.